The van der Waals surface area contributed by atoms with E-state index in [0.29, 0.717) is 0 Å². The standard InChI is InChI=1S/C74H63BN2OS2/c1-71(2,3)45-26-29-47(30-27-45)77-58-41-62-51(48-31-25-44(36-61(48)79-62)50(43-21-15-12-16-22-43)35-42-19-13-11-14-20-42)38-52(58)63-64-49-23-17-18-24-59(49)78-69(64)65-53-39-55-56(74(9,10)34-33-73(55,7)8)40-57(53)76-67-54-37-46(72(4,5)6)28-32-60(54)80-70(67)75(77)66(63)68(65)76/h11-32,35-41H,33-34H2,1-10H3/b50-35+. The summed E-state index contributed by atoms with van der Waals surface area (Å²) in [6, 6.07) is 64.9. The van der Waals surface area contributed by atoms with Crippen LogP contribution in [0, 0.1) is 0 Å². The average Bonchev–Trinajstić information content (AvgIpc) is 4.00. The van der Waals surface area contributed by atoms with E-state index in [-0.39, 0.29) is 28.5 Å². The lowest BCUT2D eigenvalue weighted by Gasteiger charge is -2.42. The van der Waals surface area contributed by atoms with E-state index in [1.807, 2.05) is 22.7 Å². The topological polar surface area (TPSA) is 21.3 Å². The van der Waals surface area contributed by atoms with Gasteiger partial charge in [0.25, 0.3) is 0 Å². The summed E-state index contributed by atoms with van der Waals surface area (Å²) in [6.45, 7) is 23.8. The highest BCUT2D eigenvalue weighted by Gasteiger charge is 2.49. The first kappa shape index (κ1) is 48.3. The minimum Gasteiger partial charge on any atom is -0.455 e. The van der Waals surface area contributed by atoms with Gasteiger partial charge < -0.3 is 13.8 Å². The van der Waals surface area contributed by atoms with E-state index in [2.05, 4.69) is 255 Å². The molecule has 3 nitrogen and oxygen atoms in total. The Balaban J connectivity index is 1.07. The summed E-state index contributed by atoms with van der Waals surface area (Å²) >= 11 is 3.91. The Morgan fingerprint density at radius 3 is 1.98 bits per heavy atom. The maximum absolute atomic E-state index is 7.47. The zero-order valence-electron chi connectivity index (χ0n) is 47.4. The largest absolute Gasteiger partial charge is 0.455 e. The summed E-state index contributed by atoms with van der Waals surface area (Å²) in [7, 11) is 0. The number of hydrogen-bond donors (Lipinski definition) is 0. The smallest absolute Gasteiger partial charge is 0.343 e. The van der Waals surface area contributed by atoms with Crippen LogP contribution in [0.3, 0.4) is 0 Å². The number of para-hydroxylation sites is 1. The molecule has 16 rings (SSSR count). The minimum absolute atomic E-state index is 0.00127. The molecule has 0 saturated heterocycles. The maximum Gasteiger partial charge on any atom is 0.343 e. The summed E-state index contributed by atoms with van der Waals surface area (Å²) in [5.41, 5.74) is 22.6. The van der Waals surface area contributed by atoms with Gasteiger partial charge in [0.2, 0.25) is 0 Å². The Bertz CT molecular complexity index is 4840. The number of hydrogen-bond acceptors (Lipinski definition) is 4. The Kier molecular flexibility index (Phi) is 9.96. The average molecular weight is 1070 g/mol. The number of nitrogens with zero attached hydrogens (tertiary/aromatic N) is 2. The van der Waals surface area contributed by atoms with Crippen molar-refractivity contribution in [3.63, 3.8) is 0 Å². The van der Waals surface area contributed by atoms with Crippen LogP contribution in [-0.4, -0.2) is 11.4 Å². The van der Waals surface area contributed by atoms with Crippen molar-refractivity contribution in [1.82, 2.24) is 4.57 Å². The van der Waals surface area contributed by atoms with Crippen LogP contribution < -0.4 is 15.1 Å². The second-order valence-corrected chi connectivity index (χ2v) is 28.9. The predicted molar refractivity (Wildman–Crippen MR) is 348 cm³/mol. The van der Waals surface area contributed by atoms with Crippen molar-refractivity contribution >= 4 is 137 Å². The fraction of sp³-hybridized carbons (Fsp3) is 0.216. The molecule has 0 N–H and O–H groups in total. The Morgan fingerprint density at radius 2 is 1.24 bits per heavy atom. The maximum atomic E-state index is 7.47. The lowest BCUT2D eigenvalue weighted by molar-refractivity contribution is 0.332. The molecule has 3 aliphatic rings. The van der Waals surface area contributed by atoms with Crippen LogP contribution in [0.1, 0.15) is 121 Å². The lowest BCUT2D eigenvalue weighted by atomic mass is 9.47. The molecular formula is C74H63BN2OS2. The molecular weight excluding hydrogens is 1010 g/mol. The van der Waals surface area contributed by atoms with Gasteiger partial charge in [-0.15, -0.1) is 22.7 Å². The van der Waals surface area contributed by atoms with Crippen molar-refractivity contribution < 1.29 is 4.42 Å². The van der Waals surface area contributed by atoms with Crippen LogP contribution in [0.25, 0.3) is 102 Å². The highest BCUT2D eigenvalue weighted by Crippen LogP contribution is 2.56. The molecule has 9 aromatic carbocycles. The van der Waals surface area contributed by atoms with Gasteiger partial charge in [-0.3, -0.25) is 0 Å². The molecule has 0 fully saturated rings. The van der Waals surface area contributed by atoms with Gasteiger partial charge in [-0.1, -0.05) is 178 Å². The van der Waals surface area contributed by atoms with Crippen LogP contribution in [0.2, 0.25) is 0 Å². The molecule has 2 aliphatic heterocycles. The van der Waals surface area contributed by atoms with Gasteiger partial charge in [0, 0.05) is 68.1 Å². The van der Waals surface area contributed by atoms with Crippen LogP contribution in [0.4, 0.5) is 11.4 Å². The van der Waals surface area contributed by atoms with E-state index < -0.39 is 0 Å². The van der Waals surface area contributed by atoms with Crippen molar-refractivity contribution in [3.8, 4) is 16.8 Å². The Labute approximate surface area is 476 Å². The van der Waals surface area contributed by atoms with Gasteiger partial charge in [-0.25, -0.2) is 0 Å². The molecule has 13 aromatic rings. The first-order valence-electron chi connectivity index (χ1n) is 28.7. The third-order valence-electron chi connectivity index (χ3n) is 18.7. The molecule has 0 amide bonds. The normalized spacial score (nSPS) is 15.8. The number of benzene rings is 9. The van der Waals surface area contributed by atoms with Crippen molar-refractivity contribution in [2.75, 3.05) is 4.81 Å². The van der Waals surface area contributed by atoms with Gasteiger partial charge in [0.05, 0.1) is 22.1 Å². The van der Waals surface area contributed by atoms with Crippen molar-refractivity contribution in [2.45, 2.75) is 104 Å². The number of rotatable bonds is 4. The molecule has 0 saturated carbocycles. The number of thiophene rings is 2. The van der Waals surface area contributed by atoms with Gasteiger partial charge in [0.1, 0.15) is 11.2 Å². The third kappa shape index (κ3) is 6.85. The third-order valence-corrected chi connectivity index (χ3v) is 21.1. The van der Waals surface area contributed by atoms with E-state index >= 15 is 0 Å². The summed E-state index contributed by atoms with van der Waals surface area (Å²) < 4.78 is 15.5. The van der Waals surface area contributed by atoms with E-state index in [0.717, 1.165) is 24.0 Å². The molecule has 1 aliphatic carbocycles. The fourth-order valence-corrected chi connectivity index (χ4v) is 16.7. The van der Waals surface area contributed by atoms with E-state index in [1.54, 1.807) is 0 Å². The van der Waals surface area contributed by atoms with Crippen LogP contribution in [0.5, 0.6) is 0 Å². The van der Waals surface area contributed by atoms with Gasteiger partial charge >= 0.3 is 6.85 Å². The van der Waals surface area contributed by atoms with E-state index in [1.165, 1.54) is 146 Å². The molecule has 0 spiro atoms. The molecule has 390 valence electrons. The molecule has 0 radical (unpaired) electrons. The first-order valence-corrected chi connectivity index (χ1v) is 30.4. The highest BCUT2D eigenvalue weighted by molar-refractivity contribution is 7.32. The number of fused-ring (bicyclic) bond motifs is 19. The van der Waals surface area contributed by atoms with Crippen molar-refractivity contribution in [1.29, 1.82) is 0 Å². The molecule has 0 bridgehead atoms. The second-order valence-electron chi connectivity index (χ2n) is 26.7. The Morgan fingerprint density at radius 1 is 0.562 bits per heavy atom. The van der Waals surface area contributed by atoms with Crippen molar-refractivity contribution in [2.24, 2.45) is 0 Å². The highest BCUT2D eigenvalue weighted by atomic mass is 32.1. The van der Waals surface area contributed by atoms with E-state index in [4.69, 9.17) is 4.42 Å². The quantitative estimate of drug-likeness (QED) is 0.129. The molecule has 6 heteroatoms. The Hall–Kier alpha value is -7.64. The van der Waals surface area contributed by atoms with Crippen LogP contribution >= 0.6 is 22.7 Å². The van der Waals surface area contributed by atoms with Gasteiger partial charge in [0.15, 0.2) is 0 Å². The number of aromatic nitrogens is 1. The predicted octanol–water partition coefficient (Wildman–Crippen LogP) is 20.0. The van der Waals surface area contributed by atoms with Gasteiger partial charge in [-0.2, -0.15) is 0 Å². The number of furan rings is 1. The fourth-order valence-electron chi connectivity index (χ4n) is 14.3. The monoisotopic (exact) mass is 1070 g/mol. The van der Waals surface area contributed by atoms with Gasteiger partial charge in [-0.05, 0) is 157 Å². The van der Waals surface area contributed by atoms with Crippen LogP contribution in [0.15, 0.2) is 174 Å². The SMILES string of the molecule is CC(C)(C)c1ccc(N2B3c4sc5ccc(C(C)(C)C)cc5c4-n4c5cc6c(cc5c5c7oc8ccccc8c7c(c3c54)-c3cc4c(cc32)sc2cc(/C(=C/c3ccccc3)c3ccccc3)ccc24)C(C)(C)CCC6(C)C)cc1. The number of anilines is 2. The molecule has 4 aromatic heterocycles. The summed E-state index contributed by atoms with van der Waals surface area (Å²) in [5.74, 6) is 0. The summed E-state index contributed by atoms with van der Waals surface area (Å²) in [6.07, 6.45) is 4.64. The minimum atomic E-state index is -0.140. The summed E-state index contributed by atoms with van der Waals surface area (Å²) in [5, 5.41) is 8.78. The van der Waals surface area contributed by atoms with Crippen LogP contribution in [-0.2, 0) is 21.7 Å². The molecule has 80 heavy (non-hydrogen) atoms. The van der Waals surface area contributed by atoms with E-state index in [9.17, 15) is 0 Å². The zero-order chi connectivity index (χ0) is 54.5. The second kappa shape index (κ2) is 16.5. The molecule has 6 heterocycles. The van der Waals surface area contributed by atoms with Crippen molar-refractivity contribution in [3.05, 3.63) is 209 Å². The first-order chi connectivity index (χ1) is 38.4. The zero-order valence-corrected chi connectivity index (χ0v) is 49.0. The molecule has 0 unspecified atom stereocenters. The lowest BCUT2D eigenvalue weighted by Crippen LogP contribution is -2.59. The summed E-state index contributed by atoms with van der Waals surface area (Å²) in [4.78, 5) is 2.75. The molecule has 0 atom stereocenters.